The lowest BCUT2D eigenvalue weighted by Crippen LogP contribution is -2.31. The van der Waals surface area contributed by atoms with E-state index >= 15 is 0 Å². The van der Waals surface area contributed by atoms with Gasteiger partial charge in [-0.2, -0.15) is 11.3 Å². The van der Waals surface area contributed by atoms with Crippen molar-refractivity contribution in [3.8, 4) is 0 Å². The van der Waals surface area contributed by atoms with Crippen LogP contribution in [-0.4, -0.2) is 35.5 Å². The van der Waals surface area contributed by atoms with Crippen molar-refractivity contribution in [1.29, 1.82) is 0 Å². The Balaban J connectivity index is 1.52. The number of hydrogen-bond donors (Lipinski definition) is 0. The van der Waals surface area contributed by atoms with Gasteiger partial charge in [0.2, 0.25) is 11.9 Å². The van der Waals surface area contributed by atoms with E-state index < -0.39 is 0 Å². The number of thiophene rings is 1. The van der Waals surface area contributed by atoms with Crippen LogP contribution >= 0.6 is 11.3 Å². The van der Waals surface area contributed by atoms with Crippen molar-refractivity contribution >= 4 is 28.9 Å². The van der Waals surface area contributed by atoms with Crippen LogP contribution in [0.1, 0.15) is 18.4 Å². The van der Waals surface area contributed by atoms with Gasteiger partial charge in [0, 0.05) is 49.2 Å². The zero-order chi connectivity index (χ0) is 15.2. The Labute approximate surface area is 133 Å². The molecule has 4 heterocycles. The highest BCUT2D eigenvalue weighted by molar-refractivity contribution is 7.08. The number of hydrogen-bond acceptors (Lipinski definition) is 5. The first kappa shape index (κ1) is 13.7. The Hall–Kier alpha value is -1.95. The number of carbonyl (C=O) groups excluding carboxylic acids is 1. The predicted octanol–water partition coefficient (Wildman–Crippen LogP) is 2.48. The summed E-state index contributed by atoms with van der Waals surface area (Å²) in [6, 6.07) is 2.03. The maximum Gasteiger partial charge on any atom is 0.227 e. The fraction of sp³-hybridized carbons (Fsp3) is 0.438. The molecular formula is C16H18N4OS. The topological polar surface area (TPSA) is 49.3 Å². The molecule has 0 saturated carbocycles. The Kier molecular flexibility index (Phi) is 3.14. The molecule has 2 aliphatic rings. The summed E-state index contributed by atoms with van der Waals surface area (Å²) in [6.07, 6.45) is 5.36. The summed E-state index contributed by atoms with van der Waals surface area (Å²) >= 11 is 1.63. The lowest BCUT2D eigenvalue weighted by atomic mass is 9.86. The van der Waals surface area contributed by atoms with E-state index in [-0.39, 0.29) is 11.3 Å². The van der Waals surface area contributed by atoms with Crippen molar-refractivity contribution < 1.29 is 4.79 Å². The van der Waals surface area contributed by atoms with Crippen LogP contribution in [0.3, 0.4) is 0 Å². The van der Waals surface area contributed by atoms with Crippen molar-refractivity contribution in [3.05, 3.63) is 34.8 Å². The molecule has 6 heteroatoms. The van der Waals surface area contributed by atoms with E-state index in [4.69, 9.17) is 0 Å². The summed E-state index contributed by atoms with van der Waals surface area (Å²) < 4.78 is 0. The van der Waals surface area contributed by atoms with E-state index in [2.05, 4.69) is 14.9 Å². The first-order valence-electron chi connectivity index (χ1n) is 7.51. The third-order valence-electron chi connectivity index (χ3n) is 4.63. The molecule has 0 radical (unpaired) electrons. The average molecular weight is 314 g/mol. The van der Waals surface area contributed by atoms with Crippen LogP contribution in [0, 0.1) is 12.3 Å². The third kappa shape index (κ3) is 2.27. The first-order valence-corrected chi connectivity index (χ1v) is 8.46. The van der Waals surface area contributed by atoms with Crippen molar-refractivity contribution in [2.75, 3.05) is 29.4 Å². The van der Waals surface area contributed by atoms with Gasteiger partial charge in [0.25, 0.3) is 0 Å². The molecule has 4 rings (SSSR count). The van der Waals surface area contributed by atoms with E-state index in [1.807, 2.05) is 41.0 Å². The molecule has 2 saturated heterocycles. The monoisotopic (exact) mass is 314 g/mol. The van der Waals surface area contributed by atoms with E-state index in [1.165, 1.54) is 0 Å². The summed E-state index contributed by atoms with van der Waals surface area (Å²) in [6.45, 7) is 4.59. The number of anilines is 2. The Morgan fingerprint density at radius 3 is 2.82 bits per heavy atom. The third-order valence-corrected chi connectivity index (χ3v) is 5.30. The molecule has 0 aliphatic carbocycles. The quantitative estimate of drug-likeness (QED) is 0.854. The number of aromatic nitrogens is 2. The molecule has 0 unspecified atom stereocenters. The predicted molar refractivity (Wildman–Crippen MR) is 87.3 cm³/mol. The van der Waals surface area contributed by atoms with Gasteiger partial charge < -0.3 is 9.80 Å². The molecular weight excluding hydrogens is 296 g/mol. The second-order valence-electron chi connectivity index (χ2n) is 6.37. The van der Waals surface area contributed by atoms with Crippen LogP contribution in [0.25, 0.3) is 0 Å². The van der Waals surface area contributed by atoms with Gasteiger partial charge in [0.1, 0.15) is 0 Å². The highest BCUT2D eigenvalue weighted by Gasteiger charge is 2.48. The lowest BCUT2D eigenvalue weighted by molar-refractivity contribution is -0.117. The van der Waals surface area contributed by atoms with Gasteiger partial charge in [-0.3, -0.25) is 4.79 Å². The molecule has 1 spiro atoms. The first-order chi connectivity index (χ1) is 10.7. The fourth-order valence-electron chi connectivity index (χ4n) is 3.47. The van der Waals surface area contributed by atoms with Gasteiger partial charge >= 0.3 is 0 Å². The molecule has 1 amide bonds. The molecule has 1 atom stereocenters. The van der Waals surface area contributed by atoms with E-state index in [9.17, 15) is 4.79 Å². The van der Waals surface area contributed by atoms with Crippen molar-refractivity contribution in [2.45, 2.75) is 19.8 Å². The molecule has 2 fully saturated rings. The van der Waals surface area contributed by atoms with E-state index in [0.29, 0.717) is 6.42 Å². The standard InChI is InChI=1S/C16H18N4OS/c1-12-7-17-15(18-8-12)19-4-3-16(10-19)6-14(21)20(11-16)13-2-5-22-9-13/h2,5,7-9H,3-4,6,10-11H2,1H3/t16-/m1/s1. The van der Waals surface area contributed by atoms with Gasteiger partial charge in [0.15, 0.2) is 0 Å². The second-order valence-corrected chi connectivity index (χ2v) is 7.15. The summed E-state index contributed by atoms with van der Waals surface area (Å²) in [4.78, 5) is 25.4. The largest absolute Gasteiger partial charge is 0.340 e. The molecule has 5 nitrogen and oxygen atoms in total. The molecule has 0 aromatic carbocycles. The van der Waals surface area contributed by atoms with Crippen molar-refractivity contribution in [2.24, 2.45) is 5.41 Å². The lowest BCUT2D eigenvalue weighted by Gasteiger charge is -2.23. The normalized spacial score (nSPS) is 24.7. The summed E-state index contributed by atoms with van der Waals surface area (Å²) in [7, 11) is 0. The van der Waals surface area contributed by atoms with E-state index in [1.54, 1.807) is 11.3 Å². The van der Waals surface area contributed by atoms with Crippen LogP contribution in [0.5, 0.6) is 0 Å². The van der Waals surface area contributed by atoms with Crippen LogP contribution in [0.15, 0.2) is 29.2 Å². The number of nitrogens with zero attached hydrogens (tertiary/aromatic N) is 4. The minimum Gasteiger partial charge on any atom is -0.340 e. The number of rotatable bonds is 2. The smallest absolute Gasteiger partial charge is 0.227 e. The highest BCUT2D eigenvalue weighted by atomic mass is 32.1. The maximum absolute atomic E-state index is 12.4. The molecule has 2 aromatic rings. The van der Waals surface area contributed by atoms with Crippen LogP contribution in [0.2, 0.25) is 0 Å². The minimum absolute atomic E-state index is 0.0489. The fourth-order valence-corrected chi connectivity index (χ4v) is 4.11. The Morgan fingerprint density at radius 2 is 2.09 bits per heavy atom. The van der Waals surface area contributed by atoms with Crippen LogP contribution in [0.4, 0.5) is 11.6 Å². The number of amides is 1. The van der Waals surface area contributed by atoms with Gasteiger partial charge in [-0.25, -0.2) is 9.97 Å². The molecule has 2 aliphatic heterocycles. The zero-order valence-corrected chi connectivity index (χ0v) is 13.3. The summed E-state index contributed by atoms with van der Waals surface area (Å²) in [5.74, 6) is 1.02. The minimum atomic E-state index is 0.0489. The molecule has 2 aromatic heterocycles. The van der Waals surface area contributed by atoms with Crippen LogP contribution < -0.4 is 9.80 Å². The summed E-state index contributed by atoms with van der Waals surface area (Å²) in [5, 5.41) is 4.07. The average Bonchev–Trinajstić information content (AvgIpc) is 3.21. The molecule has 114 valence electrons. The van der Waals surface area contributed by atoms with Crippen molar-refractivity contribution in [1.82, 2.24) is 9.97 Å². The van der Waals surface area contributed by atoms with Gasteiger partial charge in [-0.1, -0.05) is 0 Å². The van der Waals surface area contributed by atoms with E-state index in [0.717, 1.165) is 43.3 Å². The SMILES string of the molecule is Cc1cnc(N2CC[C@@]3(CC(=O)N(c4ccsc4)C3)C2)nc1. The second kappa shape index (κ2) is 5.05. The molecule has 0 bridgehead atoms. The molecule has 0 N–H and O–H groups in total. The maximum atomic E-state index is 12.4. The van der Waals surface area contributed by atoms with Gasteiger partial charge in [0.05, 0.1) is 5.69 Å². The summed E-state index contributed by atoms with van der Waals surface area (Å²) in [5.41, 5.74) is 2.15. The number of aryl methyl sites for hydroxylation is 1. The van der Waals surface area contributed by atoms with Gasteiger partial charge in [-0.05, 0) is 30.4 Å². The van der Waals surface area contributed by atoms with Crippen LogP contribution in [-0.2, 0) is 4.79 Å². The Bertz CT molecular complexity index is 685. The molecule has 22 heavy (non-hydrogen) atoms. The van der Waals surface area contributed by atoms with Crippen molar-refractivity contribution in [3.63, 3.8) is 0 Å². The number of carbonyl (C=O) groups is 1. The Morgan fingerprint density at radius 1 is 1.27 bits per heavy atom. The zero-order valence-electron chi connectivity index (χ0n) is 12.5. The highest BCUT2D eigenvalue weighted by Crippen LogP contribution is 2.42. The van der Waals surface area contributed by atoms with Gasteiger partial charge in [-0.15, -0.1) is 0 Å².